The van der Waals surface area contributed by atoms with Gasteiger partial charge in [0.1, 0.15) is 12.1 Å². The first-order valence-corrected chi connectivity index (χ1v) is 6.20. The molecule has 0 saturated heterocycles. The van der Waals surface area contributed by atoms with Gasteiger partial charge in [0.05, 0.1) is 5.56 Å². The Bertz CT molecular complexity index is 592. The van der Waals surface area contributed by atoms with Crippen molar-refractivity contribution in [1.82, 2.24) is 14.8 Å². The Morgan fingerprint density at radius 1 is 1.45 bits per heavy atom. The van der Waals surface area contributed by atoms with E-state index in [1.165, 1.54) is 12.4 Å². The summed E-state index contributed by atoms with van der Waals surface area (Å²) < 4.78 is 19.9. The van der Waals surface area contributed by atoms with Crippen molar-refractivity contribution < 1.29 is 13.9 Å². The molecular formula is C13H15FN4O2. The van der Waals surface area contributed by atoms with Crippen LogP contribution in [0.3, 0.4) is 0 Å². The molecule has 0 aliphatic heterocycles. The molecule has 0 spiro atoms. The Labute approximate surface area is 115 Å². The molecule has 0 aliphatic rings. The molecule has 0 amide bonds. The van der Waals surface area contributed by atoms with Crippen molar-refractivity contribution in [3.63, 3.8) is 0 Å². The van der Waals surface area contributed by atoms with E-state index in [2.05, 4.69) is 10.1 Å². The molecule has 0 radical (unpaired) electrons. The molecular weight excluding hydrogens is 263 g/mol. The summed E-state index contributed by atoms with van der Waals surface area (Å²) in [7, 11) is 0. The Morgan fingerprint density at radius 3 is 2.95 bits per heavy atom. The number of esters is 1. The third-order valence-electron chi connectivity index (χ3n) is 2.62. The number of aryl methyl sites for hydroxylation is 1. The van der Waals surface area contributed by atoms with Gasteiger partial charge in [0.2, 0.25) is 0 Å². The molecule has 0 fully saturated rings. The molecule has 7 heteroatoms. The molecule has 0 aliphatic carbocycles. The van der Waals surface area contributed by atoms with E-state index in [1.807, 2.05) is 6.92 Å². The van der Waals surface area contributed by atoms with E-state index in [0.29, 0.717) is 12.4 Å². The fraction of sp³-hybridized carbons (Fsp3) is 0.308. The minimum atomic E-state index is -0.651. The van der Waals surface area contributed by atoms with Gasteiger partial charge in [0.25, 0.3) is 0 Å². The summed E-state index contributed by atoms with van der Waals surface area (Å²) in [6, 6.07) is 3.58. The van der Waals surface area contributed by atoms with E-state index >= 15 is 0 Å². The number of aromatic nitrogens is 3. The normalized spacial score (nSPS) is 10.5. The molecule has 6 nitrogen and oxygen atoms in total. The summed E-state index contributed by atoms with van der Waals surface area (Å²) in [4.78, 5) is 15.8. The van der Waals surface area contributed by atoms with Crippen LogP contribution in [0.25, 0.3) is 0 Å². The standard InChI is InChI=1S/C13H15FN4O2/c1-2-3-18-12(16-8-17-18)7-20-13(19)9-4-10(14)6-11(15)5-9/h4-6,8H,2-3,7,15H2,1H3. The molecule has 2 rings (SSSR count). The summed E-state index contributed by atoms with van der Waals surface area (Å²) in [5.41, 5.74) is 5.72. The predicted octanol–water partition coefficient (Wildman–Crippen LogP) is 1.77. The molecule has 1 aromatic heterocycles. The van der Waals surface area contributed by atoms with Gasteiger partial charge in [0.15, 0.2) is 12.4 Å². The lowest BCUT2D eigenvalue weighted by atomic mass is 10.2. The van der Waals surface area contributed by atoms with E-state index in [0.717, 1.165) is 18.6 Å². The Morgan fingerprint density at radius 2 is 2.25 bits per heavy atom. The number of hydrogen-bond donors (Lipinski definition) is 1. The predicted molar refractivity (Wildman–Crippen MR) is 70.2 cm³/mol. The van der Waals surface area contributed by atoms with Gasteiger partial charge in [-0.15, -0.1) is 0 Å². The fourth-order valence-corrected chi connectivity index (χ4v) is 1.74. The van der Waals surface area contributed by atoms with Gasteiger partial charge >= 0.3 is 5.97 Å². The number of hydrogen-bond acceptors (Lipinski definition) is 5. The Balaban J connectivity index is 2.03. The Hall–Kier alpha value is -2.44. The summed E-state index contributed by atoms with van der Waals surface area (Å²) in [6.45, 7) is 2.68. The molecule has 106 valence electrons. The monoisotopic (exact) mass is 278 g/mol. The smallest absolute Gasteiger partial charge is 0.338 e. The number of nitrogens with zero attached hydrogens (tertiary/aromatic N) is 3. The molecule has 20 heavy (non-hydrogen) atoms. The van der Waals surface area contributed by atoms with Gasteiger partial charge in [-0.25, -0.2) is 18.9 Å². The number of halogens is 1. The number of rotatable bonds is 5. The minimum Gasteiger partial charge on any atom is -0.454 e. The van der Waals surface area contributed by atoms with E-state index < -0.39 is 11.8 Å². The first kappa shape index (κ1) is 14.0. The third kappa shape index (κ3) is 3.31. The number of ether oxygens (including phenoxy) is 1. The van der Waals surface area contributed by atoms with Gasteiger partial charge < -0.3 is 10.5 Å². The highest BCUT2D eigenvalue weighted by atomic mass is 19.1. The largest absolute Gasteiger partial charge is 0.454 e. The van der Waals surface area contributed by atoms with Gasteiger partial charge in [-0.3, -0.25) is 0 Å². The summed E-state index contributed by atoms with van der Waals surface area (Å²) in [6.07, 6.45) is 2.30. The number of benzene rings is 1. The van der Waals surface area contributed by atoms with Gasteiger partial charge in [0, 0.05) is 12.2 Å². The molecule has 1 heterocycles. The maximum atomic E-state index is 13.2. The topological polar surface area (TPSA) is 83.0 Å². The fourth-order valence-electron chi connectivity index (χ4n) is 1.74. The molecule has 2 aromatic rings. The maximum Gasteiger partial charge on any atom is 0.338 e. The van der Waals surface area contributed by atoms with Crippen LogP contribution in [-0.2, 0) is 17.9 Å². The zero-order chi connectivity index (χ0) is 14.5. The van der Waals surface area contributed by atoms with Crippen molar-refractivity contribution in [3.8, 4) is 0 Å². The lowest BCUT2D eigenvalue weighted by molar-refractivity contribution is 0.0456. The highest BCUT2D eigenvalue weighted by Crippen LogP contribution is 2.12. The number of nitrogen functional groups attached to an aromatic ring is 1. The van der Waals surface area contributed by atoms with Gasteiger partial charge in [-0.05, 0) is 24.6 Å². The van der Waals surface area contributed by atoms with Crippen molar-refractivity contribution in [2.24, 2.45) is 0 Å². The van der Waals surface area contributed by atoms with Crippen LogP contribution in [0, 0.1) is 5.82 Å². The summed E-state index contributed by atoms with van der Waals surface area (Å²) in [5, 5.41) is 4.02. The van der Waals surface area contributed by atoms with E-state index in [1.54, 1.807) is 4.68 Å². The van der Waals surface area contributed by atoms with Gasteiger partial charge in [-0.1, -0.05) is 6.92 Å². The second kappa shape index (κ2) is 6.14. The summed E-state index contributed by atoms with van der Waals surface area (Å²) >= 11 is 0. The van der Waals surface area contributed by atoms with Crippen molar-refractivity contribution in [2.75, 3.05) is 5.73 Å². The highest BCUT2D eigenvalue weighted by molar-refractivity contribution is 5.90. The van der Waals surface area contributed by atoms with Crippen LogP contribution in [0.2, 0.25) is 0 Å². The van der Waals surface area contributed by atoms with Crippen molar-refractivity contribution >= 4 is 11.7 Å². The number of carbonyl (C=O) groups is 1. The quantitative estimate of drug-likeness (QED) is 0.665. The van der Waals surface area contributed by atoms with Crippen LogP contribution in [0.4, 0.5) is 10.1 Å². The number of carbonyl (C=O) groups excluding carboxylic acids is 1. The van der Waals surface area contributed by atoms with Crippen LogP contribution in [0.5, 0.6) is 0 Å². The van der Waals surface area contributed by atoms with Crippen LogP contribution in [-0.4, -0.2) is 20.7 Å². The van der Waals surface area contributed by atoms with Crippen LogP contribution >= 0.6 is 0 Å². The molecule has 0 atom stereocenters. The van der Waals surface area contributed by atoms with E-state index in [-0.39, 0.29) is 17.9 Å². The second-order valence-corrected chi connectivity index (χ2v) is 4.25. The maximum absolute atomic E-state index is 13.2. The average molecular weight is 278 g/mol. The Kier molecular flexibility index (Phi) is 4.29. The number of anilines is 1. The first-order valence-electron chi connectivity index (χ1n) is 6.20. The third-order valence-corrected chi connectivity index (χ3v) is 2.62. The molecule has 2 N–H and O–H groups in total. The summed E-state index contributed by atoms with van der Waals surface area (Å²) in [5.74, 6) is -0.682. The molecule has 0 bridgehead atoms. The van der Waals surface area contributed by atoms with Crippen LogP contribution in [0.1, 0.15) is 29.5 Å². The molecule has 0 unspecified atom stereocenters. The van der Waals surface area contributed by atoms with Crippen molar-refractivity contribution in [3.05, 3.63) is 41.7 Å². The first-order chi connectivity index (χ1) is 9.60. The highest BCUT2D eigenvalue weighted by Gasteiger charge is 2.12. The SMILES string of the molecule is CCCn1ncnc1COC(=O)c1cc(N)cc(F)c1. The lowest BCUT2D eigenvalue weighted by Gasteiger charge is -2.07. The molecule has 0 saturated carbocycles. The lowest BCUT2D eigenvalue weighted by Crippen LogP contribution is -2.11. The van der Waals surface area contributed by atoms with Crippen LogP contribution < -0.4 is 5.73 Å². The van der Waals surface area contributed by atoms with Crippen molar-refractivity contribution in [2.45, 2.75) is 26.5 Å². The van der Waals surface area contributed by atoms with E-state index in [9.17, 15) is 9.18 Å². The zero-order valence-corrected chi connectivity index (χ0v) is 11.0. The van der Waals surface area contributed by atoms with E-state index in [4.69, 9.17) is 10.5 Å². The minimum absolute atomic E-state index is 0.0186. The molecule has 1 aromatic carbocycles. The zero-order valence-electron chi connectivity index (χ0n) is 11.0. The van der Waals surface area contributed by atoms with Crippen LogP contribution in [0.15, 0.2) is 24.5 Å². The second-order valence-electron chi connectivity index (χ2n) is 4.25. The van der Waals surface area contributed by atoms with Crippen molar-refractivity contribution in [1.29, 1.82) is 0 Å². The van der Waals surface area contributed by atoms with Gasteiger partial charge in [-0.2, -0.15) is 5.10 Å². The average Bonchev–Trinajstić information content (AvgIpc) is 2.83. The number of nitrogens with two attached hydrogens (primary N) is 1.